The minimum absolute atomic E-state index is 0.0854. The van der Waals surface area contributed by atoms with Crippen LogP contribution in [0.3, 0.4) is 0 Å². The molecule has 0 heterocycles. The second kappa shape index (κ2) is 7.68. The van der Waals surface area contributed by atoms with Crippen molar-refractivity contribution in [2.24, 2.45) is 5.10 Å². The molecular weight excluding hydrogens is 324 g/mol. The zero-order chi connectivity index (χ0) is 16.8. The Kier molecular flexibility index (Phi) is 5.64. The molecule has 0 radical (unpaired) electrons. The van der Waals surface area contributed by atoms with E-state index in [0.717, 1.165) is 48.8 Å². The van der Waals surface area contributed by atoms with Crippen LogP contribution in [0.15, 0.2) is 33.9 Å². The third kappa shape index (κ3) is 4.49. The Labute approximate surface area is 137 Å². The number of allylic oxidation sites excluding steroid dienone is 2. The Bertz CT molecular complexity index is 687. The van der Waals surface area contributed by atoms with Crippen molar-refractivity contribution in [3.63, 3.8) is 0 Å². The lowest BCUT2D eigenvalue weighted by atomic mass is 10.1. The molecule has 1 aromatic carbocycles. The SMILES string of the molecule is O=[N+]([O-])c1ccc(N/N=C/C2=C(Cl)CCCCC2)c([N+](=O)[O-])c1. The van der Waals surface area contributed by atoms with Crippen molar-refractivity contribution in [1.82, 2.24) is 0 Å². The summed E-state index contributed by atoms with van der Waals surface area (Å²) in [6, 6.07) is 3.34. The number of hydrogen-bond acceptors (Lipinski definition) is 6. The second-order valence-electron chi connectivity index (χ2n) is 5.08. The van der Waals surface area contributed by atoms with Gasteiger partial charge in [0.25, 0.3) is 5.69 Å². The quantitative estimate of drug-likeness (QED) is 0.487. The van der Waals surface area contributed by atoms with Crippen LogP contribution in [0.2, 0.25) is 0 Å². The average molecular weight is 339 g/mol. The predicted octanol–water partition coefficient (Wildman–Crippen LogP) is 4.36. The molecule has 0 saturated heterocycles. The number of non-ortho nitro benzene ring substituents is 1. The first-order valence-corrected chi connectivity index (χ1v) is 7.46. The number of nitrogens with one attached hydrogen (secondary N) is 1. The van der Waals surface area contributed by atoms with E-state index in [1.165, 1.54) is 12.1 Å². The van der Waals surface area contributed by atoms with Crippen LogP contribution in [0, 0.1) is 20.2 Å². The summed E-state index contributed by atoms with van der Waals surface area (Å²) in [6.07, 6.45) is 6.34. The molecular formula is C14H15ClN4O4. The van der Waals surface area contributed by atoms with Gasteiger partial charge < -0.3 is 0 Å². The molecule has 8 nitrogen and oxygen atoms in total. The topological polar surface area (TPSA) is 111 Å². The summed E-state index contributed by atoms with van der Waals surface area (Å²) < 4.78 is 0. The number of anilines is 1. The first kappa shape index (κ1) is 16.9. The van der Waals surface area contributed by atoms with Gasteiger partial charge >= 0.3 is 5.69 Å². The van der Waals surface area contributed by atoms with Crippen LogP contribution in [0.5, 0.6) is 0 Å². The van der Waals surface area contributed by atoms with Gasteiger partial charge in [-0.25, -0.2) is 0 Å². The van der Waals surface area contributed by atoms with Gasteiger partial charge in [-0.1, -0.05) is 18.0 Å². The molecule has 0 fully saturated rings. The van der Waals surface area contributed by atoms with Crippen LogP contribution < -0.4 is 5.43 Å². The van der Waals surface area contributed by atoms with Crippen molar-refractivity contribution < 1.29 is 9.85 Å². The Morgan fingerprint density at radius 1 is 1.13 bits per heavy atom. The van der Waals surface area contributed by atoms with Gasteiger partial charge in [0.15, 0.2) is 0 Å². The van der Waals surface area contributed by atoms with Gasteiger partial charge in [-0.05, 0) is 37.3 Å². The zero-order valence-corrected chi connectivity index (χ0v) is 13.0. The fraction of sp³-hybridized carbons (Fsp3) is 0.357. The van der Waals surface area contributed by atoms with Gasteiger partial charge in [0.2, 0.25) is 0 Å². The van der Waals surface area contributed by atoms with E-state index in [2.05, 4.69) is 10.5 Å². The molecule has 0 spiro atoms. The number of nitrogens with zero attached hydrogens (tertiary/aromatic N) is 3. The minimum Gasteiger partial charge on any atom is -0.272 e. The largest absolute Gasteiger partial charge is 0.301 e. The van der Waals surface area contributed by atoms with Crippen molar-refractivity contribution in [2.45, 2.75) is 32.1 Å². The van der Waals surface area contributed by atoms with Crippen molar-refractivity contribution in [2.75, 3.05) is 5.43 Å². The van der Waals surface area contributed by atoms with Crippen LogP contribution >= 0.6 is 11.6 Å². The highest BCUT2D eigenvalue weighted by Gasteiger charge is 2.19. The minimum atomic E-state index is -0.692. The van der Waals surface area contributed by atoms with Gasteiger partial charge in [-0.2, -0.15) is 5.10 Å². The molecule has 0 saturated carbocycles. The highest BCUT2D eigenvalue weighted by atomic mass is 35.5. The molecule has 0 unspecified atom stereocenters. The lowest BCUT2D eigenvalue weighted by molar-refractivity contribution is -0.393. The van der Waals surface area contributed by atoms with Crippen LogP contribution in [-0.4, -0.2) is 16.1 Å². The highest BCUT2D eigenvalue weighted by Crippen LogP contribution is 2.29. The summed E-state index contributed by atoms with van der Waals surface area (Å²) in [5.74, 6) is 0. The van der Waals surface area contributed by atoms with E-state index in [0.29, 0.717) is 0 Å². The molecule has 9 heteroatoms. The number of nitro benzene ring substituents is 2. The predicted molar refractivity (Wildman–Crippen MR) is 87.8 cm³/mol. The number of halogens is 1. The average Bonchev–Trinajstić information content (AvgIpc) is 2.72. The molecule has 0 aromatic heterocycles. The zero-order valence-electron chi connectivity index (χ0n) is 12.2. The Balaban J connectivity index is 2.18. The first-order valence-electron chi connectivity index (χ1n) is 7.08. The van der Waals surface area contributed by atoms with E-state index in [1.807, 2.05) is 0 Å². The summed E-state index contributed by atoms with van der Waals surface area (Å²) in [5, 5.41) is 26.4. The molecule has 2 rings (SSSR count). The first-order chi connectivity index (χ1) is 11.0. The summed E-state index contributed by atoms with van der Waals surface area (Å²) in [6.45, 7) is 0. The van der Waals surface area contributed by atoms with Crippen LogP contribution in [0.4, 0.5) is 17.1 Å². The number of rotatable bonds is 5. The molecule has 0 bridgehead atoms. The lowest BCUT2D eigenvalue weighted by Gasteiger charge is -2.03. The summed E-state index contributed by atoms with van der Waals surface area (Å²) in [5.41, 5.74) is 2.80. The van der Waals surface area contributed by atoms with E-state index >= 15 is 0 Å². The van der Waals surface area contributed by atoms with E-state index < -0.39 is 15.5 Å². The number of benzene rings is 1. The summed E-state index contributed by atoms with van der Waals surface area (Å²) in [4.78, 5) is 20.3. The molecule has 122 valence electrons. The second-order valence-corrected chi connectivity index (χ2v) is 5.53. The molecule has 0 aliphatic heterocycles. The molecule has 1 aromatic rings. The van der Waals surface area contributed by atoms with Crippen LogP contribution in [0.25, 0.3) is 0 Å². The number of nitro groups is 2. The van der Waals surface area contributed by atoms with Gasteiger partial charge in [0.05, 0.1) is 22.1 Å². The molecule has 23 heavy (non-hydrogen) atoms. The smallest absolute Gasteiger partial charge is 0.272 e. The maximum absolute atomic E-state index is 11.0. The van der Waals surface area contributed by atoms with Crippen molar-refractivity contribution in [3.05, 3.63) is 49.0 Å². The normalized spacial score (nSPS) is 15.5. The lowest BCUT2D eigenvalue weighted by Crippen LogP contribution is -1.99. The number of hydrogen-bond donors (Lipinski definition) is 1. The van der Waals surface area contributed by atoms with Gasteiger partial charge in [0, 0.05) is 11.1 Å². The van der Waals surface area contributed by atoms with Gasteiger partial charge in [0.1, 0.15) is 5.69 Å². The third-order valence-electron chi connectivity index (χ3n) is 3.49. The Hall–Kier alpha value is -2.48. The Morgan fingerprint density at radius 3 is 2.57 bits per heavy atom. The molecule has 1 N–H and O–H groups in total. The van der Waals surface area contributed by atoms with Crippen molar-refractivity contribution >= 4 is 34.9 Å². The van der Waals surface area contributed by atoms with E-state index in [-0.39, 0.29) is 11.4 Å². The van der Waals surface area contributed by atoms with Gasteiger partial charge in [-0.3, -0.25) is 25.7 Å². The van der Waals surface area contributed by atoms with Crippen LogP contribution in [-0.2, 0) is 0 Å². The standard InChI is InChI=1S/C14H15ClN4O4/c15-12-5-3-1-2-4-10(12)9-16-17-13-7-6-11(18(20)21)8-14(13)19(22)23/h6-9,17H,1-5H2/b16-9+. The summed E-state index contributed by atoms with van der Waals surface area (Å²) >= 11 is 6.18. The summed E-state index contributed by atoms with van der Waals surface area (Å²) in [7, 11) is 0. The molecule has 0 amide bonds. The van der Waals surface area contributed by atoms with E-state index in [9.17, 15) is 20.2 Å². The maximum atomic E-state index is 11.0. The highest BCUT2D eigenvalue weighted by molar-refractivity contribution is 6.31. The van der Waals surface area contributed by atoms with Gasteiger partial charge in [-0.15, -0.1) is 0 Å². The van der Waals surface area contributed by atoms with E-state index in [4.69, 9.17) is 11.6 Å². The maximum Gasteiger partial charge on any atom is 0.301 e. The Morgan fingerprint density at radius 2 is 1.87 bits per heavy atom. The molecule has 1 aliphatic rings. The van der Waals surface area contributed by atoms with E-state index in [1.54, 1.807) is 6.21 Å². The third-order valence-corrected chi connectivity index (χ3v) is 3.92. The monoisotopic (exact) mass is 338 g/mol. The fourth-order valence-electron chi connectivity index (χ4n) is 2.26. The fourth-order valence-corrected chi connectivity index (χ4v) is 2.54. The number of hydrazone groups is 1. The molecule has 0 atom stereocenters. The van der Waals surface area contributed by atoms with Crippen LogP contribution in [0.1, 0.15) is 32.1 Å². The van der Waals surface area contributed by atoms with Crippen molar-refractivity contribution in [3.8, 4) is 0 Å². The van der Waals surface area contributed by atoms with Crippen molar-refractivity contribution in [1.29, 1.82) is 0 Å². The molecule has 1 aliphatic carbocycles.